The number of hydrogen-bond acceptors (Lipinski definition) is 6. The number of amides is 1. The standard InChI is InChI=1S/C21H22N4O2S/c1-14(26)24-12-16-6-7-17(13-24)25(16)11-15-4-8-18(9-5-15)27-21-23-20-19(28-21)3-2-10-22-20/h2-5,8-10,16-17H,6-7,11-13H2,1H3/t16-,17+. The second-order valence-corrected chi connectivity index (χ2v) is 8.53. The molecule has 144 valence electrons. The first-order chi connectivity index (χ1) is 13.7. The molecule has 7 heteroatoms. The van der Waals surface area contributed by atoms with Crippen molar-refractivity contribution < 1.29 is 9.53 Å². The summed E-state index contributed by atoms with van der Waals surface area (Å²) in [6.45, 7) is 4.32. The van der Waals surface area contributed by atoms with Crippen molar-refractivity contribution in [3.8, 4) is 10.9 Å². The summed E-state index contributed by atoms with van der Waals surface area (Å²) >= 11 is 1.50. The summed E-state index contributed by atoms with van der Waals surface area (Å²) in [5, 5.41) is 0.611. The number of aromatic nitrogens is 2. The Morgan fingerprint density at radius 3 is 2.61 bits per heavy atom. The van der Waals surface area contributed by atoms with Gasteiger partial charge in [0.05, 0.1) is 4.70 Å². The first-order valence-electron chi connectivity index (χ1n) is 9.65. The molecule has 0 unspecified atom stereocenters. The molecule has 2 atom stereocenters. The van der Waals surface area contributed by atoms with Crippen LogP contribution in [0.3, 0.4) is 0 Å². The predicted molar refractivity (Wildman–Crippen MR) is 109 cm³/mol. The third-order valence-electron chi connectivity index (χ3n) is 5.72. The zero-order chi connectivity index (χ0) is 19.1. The van der Waals surface area contributed by atoms with Crippen LogP contribution in [0.4, 0.5) is 0 Å². The number of benzene rings is 1. The van der Waals surface area contributed by atoms with Gasteiger partial charge in [-0.2, -0.15) is 4.98 Å². The molecule has 2 aromatic heterocycles. The van der Waals surface area contributed by atoms with Crippen LogP contribution in [-0.4, -0.2) is 50.8 Å². The highest BCUT2D eigenvalue weighted by atomic mass is 32.1. The van der Waals surface area contributed by atoms with Crippen LogP contribution in [0.25, 0.3) is 10.3 Å². The molecule has 4 heterocycles. The molecule has 6 nitrogen and oxygen atoms in total. The highest BCUT2D eigenvalue weighted by molar-refractivity contribution is 7.20. The van der Waals surface area contributed by atoms with E-state index >= 15 is 0 Å². The Hall–Kier alpha value is -2.51. The number of nitrogens with zero attached hydrogens (tertiary/aromatic N) is 4. The molecule has 2 fully saturated rings. The monoisotopic (exact) mass is 394 g/mol. The topological polar surface area (TPSA) is 58.6 Å². The molecule has 0 radical (unpaired) electrons. The number of carbonyl (C=O) groups is 1. The lowest BCUT2D eigenvalue weighted by molar-refractivity contribution is -0.132. The van der Waals surface area contributed by atoms with Crippen LogP contribution in [-0.2, 0) is 11.3 Å². The molecule has 0 aliphatic carbocycles. The van der Waals surface area contributed by atoms with Gasteiger partial charge in [0.25, 0.3) is 5.19 Å². The van der Waals surface area contributed by atoms with Gasteiger partial charge in [-0.25, -0.2) is 4.98 Å². The number of piperazine rings is 1. The van der Waals surface area contributed by atoms with Gasteiger partial charge in [0.2, 0.25) is 5.91 Å². The molecule has 1 aromatic carbocycles. The van der Waals surface area contributed by atoms with Crippen molar-refractivity contribution in [3.05, 3.63) is 48.2 Å². The Bertz CT molecular complexity index is 956. The van der Waals surface area contributed by atoms with Crippen LogP contribution in [0.1, 0.15) is 25.3 Å². The number of thiazole rings is 1. The SMILES string of the molecule is CC(=O)N1C[C@H]2CC[C@@H](C1)N2Cc1ccc(Oc2nc3ncccc3s2)cc1. The van der Waals surface area contributed by atoms with E-state index in [0.717, 1.165) is 35.7 Å². The van der Waals surface area contributed by atoms with E-state index in [-0.39, 0.29) is 5.91 Å². The van der Waals surface area contributed by atoms with E-state index in [1.54, 1.807) is 13.1 Å². The van der Waals surface area contributed by atoms with E-state index in [9.17, 15) is 4.79 Å². The first-order valence-corrected chi connectivity index (χ1v) is 10.5. The quantitative estimate of drug-likeness (QED) is 0.676. The number of carbonyl (C=O) groups excluding carboxylic acids is 1. The lowest BCUT2D eigenvalue weighted by atomic mass is 10.1. The van der Waals surface area contributed by atoms with E-state index in [2.05, 4.69) is 27.0 Å². The van der Waals surface area contributed by atoms with Gasteiger partial charge in [0, 0.05) is 44.8 Å². The summed E-state index contributed by atoms with van der Waals surface area (Å²) in [7, 11) is 0. The number of hydrogen-bond donors (Lipinski definition) is 0. The van der Waals surface area contributed by atoms with E-state index in [1.165, 1.54) is 29.7 Å². The summed E-state index contributed by atoms with van der Waals surface area (Å²) in [5.41, 5.74) is 1.99. The van der Waals surface area contributed by atoms with E-state index in [1.807, 2.05) is 29.2 Å². The molecule has 5 rings (SSSR count). The molecule has 2 saturated heterocycles. The first kappa shape index (κ1) is 17.6. The van der Waals surface area contributed by atoms with Crippen LogP contribution < -0.4 is 4.74 Å². The van der Waals surface area contributed by atoms with Gasteiger partial charge in [-0.3, -0.25) is 9.69 Å². The van der Waals surface area contributed by atoms with Crippen molar-refractivity contribution in [2.24, 2.45) is 0 Å². The fourth-order valence-electron chi connectivity index (χ4n) is 4.27. The predicted octanol–water partition coefficient (Wildman–Crippen LogP) is 3.68. The van der Waals surface area contributed by atoms with Crippen molar-refractivity contribution >= 4 is 27.6 Å². The Balaban J connectivity index is 1.25. The second-order valence-electron chi connectivity index (χ2n) is 7.53. The van der Waals surface area contributed by atoms with Crippen molar-refractivity contribution in [2.45, 2.75) is 38.4 Å². The lowest BCUT2D eigenvalue weighted by Gasteiger charge is -2.40. The smallest absolute Gasteiger partial charge is 0.281 e. The molecule has 0 saturated carbocycles. The maximum absolute atomic E-state index is 11.7. The summed E-state index contributed by atoms with van der Waals surface area (Å²) in [6.07, 6.45) is 4.10. The fourth-order valence-corrected chi connectivity index (χ4v) is 5.07. The van der Waals surface area contributed by atoms with Crippen molar-refractivity contribution in [1.82, 2.24) is 19.8 Å². The zero-order valence-corrected chi connectivity index (χ0v) is 16.6. The van der Waals surface area contributed by atoms with E-state index in [0.29, 0.717) is 17.3 Å². The van der Waals surface area contributed by atoms with Gasteiger partial charge < -0.3 is 9.64 Å². The van der Waals surface area contributed by atoms with E-state index in [4.69, 9.17) is 4.74 Å². The van der Waals surface area contributed by atoms with Gasteiger partial charge in [-0.05, 0) is 42.7 Å². The van der Waals surface area contributed by atoms with Crippen LogP contribution in [0.15, 0.2) is 42.6 Å². The highest BCUT2D eigenvalue weighted by Crippen LogP contribution is 2.33. The minimum atomic E-state index is 0.197. The number of fused-ring (bicyclic) bond motifs is 3. The van der Waals surface area contributed by atoms with Crippen LogP contribution >= 0.6 is 11.3 Å². The number of ether oxygens (including phenoxy) is 1. The van der Waals surface area contributed by atoms with Crippen LogP contribution in [0, 0.1) is 0 Å². The summed E-state index contributed by atoms with van der Waals surface area (Å²) in [6, 6.07) is 13.1. The van der Waals surface area contributed by atoms with Crippen LogP contribution in [0.2, 0.25) is 0 Å². The summed E-state index contributed by atoms with van der Waals surface area (Å²) in [4.78, 5) is 24.9. The molecule has 2 aliphatic heterocycles. The molecule has 28 heavy (non-hydrogen) atoms. The molecule has 0 N–H and O–H groups in total. The molecular formula is C21H22N4O2S. The average molecular weight is 395 g/mol. The van der Waals surface area contributed by atoms with Crippen molar-refractivity contribution in [2.75, 3.05) is 13.1 Å². The van der Waals surface area contributed by atoms with Gasteiger partial charge in [0.15, 0.2) is 5.65 Å². The molecule has 0 spiro atoms. The zero-order valence-electron chi connectivity index (χ0n) is 15.7. The van der Waals surface area contributed by atoms with Crippen molar-refractivity contribution in [3.63, 3.8) is 0 Å². The van der Waals surface area contributed by atoms with Crippen LogP contribution in [0.5, 0.6) is 10.9 Å². The Labute approximate surface area is 167 Å². The molecule has 1 amide bonds. The normalized spacial score (nSPS) is 22.0. The van der Waals surface area contributed by atoms with Gasteiger partial charge in [-0.1, -0.05) is 23.5 Å². The minimum absolute atomic E-state index is 0.197. The number of likely N-dealkylation sites (tertiary alicyclic amines) is 1. The second kappa shape index (κ2) is 7.14. The maximum atomic E-state index is 11.7. The summed E-state index contributed by atoms with van der Waals surface area (Å²) < 4.78 is 6.94. The fraction of sp³-hybridized carbons (Fsp3) is 0.381. The van der Waals surface area contributed by atoms with Crippen molar-refractivity contribution in [1.29, 1.82) is 0 Å². The third-order valence-corrected chi connectivity index (χ3v) is 6.61. The maximum Gasteiger partial charge on any atom is 0.281 e. The Morgan fingerprint density at radius 1 is 1.18 bits per heavy atom. The van der Waals surface area contributed by atoms with Gasteiger partial charge in [0.1, 0.15) is 5.75 Å². The highest BCUT2D eigenvalue weighted by Gasteiger charge is 2.40. The largest absolute Gasteiger partial charge is 0.431 e. The molecule has 2 aliphatic rings. The average Bonchev–Trinajstić information content (AvgIpc) is 3.19. The van der Waals surface area contributed by atoms with Gasteiger partial charge >= 0.3 is 0 Å². The number of rotatable bonds is 4. The molecule has 3 aromatic rings. The van der Waals surface area contributed by atoms with E-state index < -0.39 is 0 Å². The molecule has 2 bridgehead atoms. The number of pyridine rings is 1. The Kier molecular flexibility index (Phi) is 4.49. The third kappa shape index (κ3) is 3.36. The van der Waals surface area contributed by atoms with Gasteiger partial charge in [-0.15, -0.1) is 0 Å². The Morgan fingerprint density at radius 2 is 1.93 bits per heavy atom. The minimum Gasteiger partial charge on any atom is -0.431 e. The lowest BCUT2D eigenvalue weighted by Crippen LogP contribution is -2.54. The summed E-state index contributed by atoms with van der Waals surface area (Å²) in [5.74, 6) is 0.982. The molecular weight excluding hydrogens is 372 g/mol.